The van der Waals surface area contributed by atoms with Crippen LogP contribution in [0.25, 0.3) is 11.3 Å². The highest BCUT2D eigenvalue weighted by atomic mass is 79.9. The SMILES string of the molecule is COc1ccc(-c2cccn2C(=O)OC(C)(C)C)c(Br)c1. The molecule has 21 heavy (non-hydrogen) atoms. The van der Waals surface area contributed by atoms with Crippen molar-refractivity contribution in [2.24, 2.45) is 0 Å². The molecule has 0 N–H and O–H groups in total. The fourth-order valence-corrected chi connectivity index (χ4v) is 2.46. The summed E-state index contributed by atoms with van der Waals surface area (Å²) in [7, 11) is 1.62. The van der Waals surface area contributed by atoms with E-state index in [2.05, 4.69) is 15.9 Å². The van der Waals surface area contributed by atoms with Gasteiger partial charge in [-0.2, -0.15) is 0 Å². The molecule has 0 saturated carbocycles. The predicted octanol–water partition coefficient (Wildman–Crippen LogP) is 4.71. The van der Waals surface area contributed by atoms with Gasteiger partial charge in [0.05, 0.1) is 12.8 Å². The molecule has 0 amide bonds. The maximum absolute atomic E-state index is 12.3. The van der Waals surface area contributed by atoms with Crippen LogP contribution in [0.1, 0.15) is 20.8 Å². The standard InChI is InChI=1S/C16H18BrNO3/c1-16(2,3)21-15(19)18-9-5-6-14(18)12-8-7-11(20-4)10-13(12)17/h5-10H,1-4H3. The molecule has 112 valence electrons. The minimum atomic E-state index is -0.532. The summed E-state index contributed by atoms with van der Waals surface area (Å²) in [6.07, 6.45) is 1.30. The summed E-state index contributed by atoms with van der Waals surface area (Å²) in [5.41, 5.74) is 1.13. The highest BCUT2D eigenvalue weighted by Crippen LogP contribution is 2.32. The van der Waals surface area contributed by atoms with Gasteiger partial charge in [0.2, 0.25) is 0 Å². The van der Waals surface area contributed by atoms with E-state index in [0.717, 1.165) is 21.5 Å². The predicted molar refractivity (Wildman–Crippen MR) is 85.8 cm³/mol. The number of hydrogen-bond acceptors (Lipinski definition) is 3. The van der Waals surface area contributed by atoms with Gasteiger partial charge in [-0.05, 0) is 67.0 Å². The Bertz CT molecular complexity index is 656. The molecule has 0 spiro atoms. The molecule has 0 aliphatic carbocycles. The summed E-state index contributed by atoms with van der Waals surface area (Å²) in [5, 5.41) is 0. The summed E-state index contributed by atoms with van der Waals surface area (Å²) in [6, 6.07) is 9.31. The molecule has 1 heterocycles. The second-order valence-electron chi connectivity index (χ2n) is 5.59. The zero-order valence-electron chi connectivity index (χ0n) is 12.5. The van der Waals surface area contributed by atoms with Gasteiger partial charge < -0.3 is 9.47 Å². The summed E-state index contributed by atoms with van der Waals surface area (Å²) in [5.74, 6) is 0.751. The zero-order chi connectivity index (χ0) is 15.6. The third-order valence-corrected chi connectivity index (χ3v) is 3.45. The number of methoxy groups -OCH3 is 1. The lowest BCUT2D eigenvalue weighted by atomic mass is 10.1. The Morgan fingerprint density at radius 2 is 1.95 bits per heavy atom. The van der Waals surface area contributed by atoms with Crippen LogP contribution in [0.2, 0.25) is 0 Å². The quantitative estimate of drug-likeness (QED) is 0.786. The Kier molecular flexibility index (Phi) is 4.42. The molecule has 0 aliphatic heterocycles. The first kappa shape index (κ1) is 15.6. The van der Waals surface area contributed by atoms with Crippen LogP contribution in [0.5, 0.6) is 5.75 Å². The van der Waals surface area contributed by atoms with Crippen molar-refractivity contribution < 1.29 is 14.3 Å². The summed E-state index contributed by atoms with van der Waals surface area (Å²) >= 11 is 3.51. The van der Waals surface area contributed by atoms with Crippen molar-refractivity contribution in [3.63, 3.8) is 0 Å². The number of ether oxygens (including phenoxy) is 2. The average Bonchev–Trinajstić information content (AvgIpc) is 2.85. The van der Waals surface area contributed by atoms with E-state index in [1.807, 2.05) is 51.1 Å². The summed E-state index contributed by atoms with van der Waals surface area (Å²) in [6.45, 7) is 5.53. The Balaban J connectivity index is 2.39. The second-order valence-corrected chi connectivity index (χ2v) is 6.44. The van der Waals surface area contributed by atoms with Crippen LogP contribution < -0.4 is 4.74 Å². The van der Waals surface area contributed by atoms with Crippen LogP contribution in [0.4, 0.5) is 4.79 Å². The van der Waals surface area contributed by atoms with E-state index in [4.69, 9.17) is 9.47 Å². The lowest BCUT2D eigenvalue weighted by molar-refractivity contribution is 0.0540. The Hall–Kier alpha value is -1.75. The van der Waals surface area contributed by atoms with Gasteiger partial charge in [-0.1, -0.05) is 0 Å². The second kappa shape index (κ2) is 5.93. The Morgan fingerprint density at radius 1 is 1.24 bits per heavy atom. The molecule has 0 bridgehead atoms. The molecule has 0 atom stereocenters. The van der Waals surface area contributed by atoms with Gasteiger partial charge >= 0.3 is 6.09 Å². The van der Waals surface area contributed by atoms with Gasteiger partial charge in [-0.3, -0.25) is 4.57 Å². The first-order valence-electron chi connectivity index (χ1n) is 6.56. The minimum Gasteiger partial charge on any atom is -0.497 e. The fourth-order valence-electron chi connectivity index (χ4n) is 1.90. The van der Waals surface area contributed by atoms with E-state index in [-0.39, 0.29) is 0 Å². The number of benzene rings is 1. The first-order chi connectivity index (χ1) is 9.81. The normalized spacial score (nSPS) is 11.3. The number of rotatable bonds is 2. The molecule has 1 aromatic carbocycles. The molecular formula is C16H18BrNO3. The third-order valence-electron chi connectivity index (χ3n) is 2.79. The van der Waals surface area contributed by atoms with Crippen LogP contribution in [0, 0.1) is 0 Å². The van der Waals surface area contributed by atoms with E-state index < -0.39 is 11.7 Å². The lowest BCUT2D eigenvalue weighted by Gasteiger charge is -2.20. The molecule has 4 nitrogen and oxygen atoms in total. The van der Waals surface area contributed by atoms with Gasteiger partial charge in [0.1, 0.15) is 11.4 Å². The molecule has 0 saturated heterocycles. The molecule has 5 heteroatoms. The summed E-state index contributed by atoms with van der Waals surface area (Å²) in [4.78, 5) is 12.3. The Labute approximate surface area is 132 Å². The number of halogens is 1. The topological polar surface area (TPSA) is 40.5 Å². The van der Waals surface area contributed by atoms with E-state index in [1.54, 1.807) is 13.3 Å². The van der Waals surface area contributed by atoms with Gasteiger partial charge in [0, 0.05) is 16.2 Å². The van der Waals surface area contributed by atoms with E-state index in [0.29, 0.717) is 0 Å². The van der Waals surface area contributed by atoms with Crippen LogP contribution in [-0.2, 0) is 4.74 Å². The van der Waals surface area contributed by atoms with Crippen molar-refractivity contribution in [1.29, 1.82) is 0 Å². The Morgan fingerprint density at radius 3 is 2.52 bits per heavy atom. The highest BCUT2D eigenvalue weighted by Gasteiger charge is 2.20. The van der Waals surface area contributed by atoms with Crippen LogP contribution in [-0.4, -0.2) is 23.4 Å². The van der Waals surface area contributed by atoms with Gasteiger partial charge in [-0.25, -0.2) is 4.79 Å². The number of nitrogens with zero attached hydrogens (tertiary/aromatic N) is 1. The average molecular weight is 352 g/mol. The van der Waals surface area contributed by atoms with Gasteiger partial charge in [0.15, 0.2) is 0 Å². The molecule has 2 rings (SSSR count). The van der Waals surface area contributed by atoms with Crippen molar-refractivity contribution in [2.75, 3.05) is 7.11 Å². The maximum atomic E-state index is 12.3. The maximum Gasteiger partial charge on any atom is 0.418 e. The fraction of sp³-hybridized carbons (Fsp3) is 0.312. The van der Waals surface area contributed by atoms with Crippen LogP contribution >= 0.6 is 15.9 Å². The largest absolute Gasteiger partial charge is 0.497 e. The first-order valence-corrected chi connectivity index (χ1v) is 7.36. The van der Waals surface area contributed by atoms with E-state index >= 15 is 0 Å². The summed E-state index contributed by atoms with van der Waals surface area (Å²) < 4.78 is 12.9. The molecule has 0 radical (unpaired) electrons. The van der Waals surface area contributed by atoms with Crippen molar-refractivity contribution in [2.45, 2.75) is 26.4 Å². The monoisotopic (exact) mass is 351 g/mol. The number of carbonyl (C=O) groups is 1. The molecule has 2 aromatic rings. The van der Waals surface area contributed by atoms with Crippen molar-refractivity contribution in [3.05, 3.63) is 41.0 Å². The van der Waals surface area contributed by atoms with Gasteiger partial charge in [-0.15, -0.1) is 0 Å². The number of carbonyl (C=O) groups excluding carboxylic acids is 1. The van der Waals surface area contributed by atoms with Crippen molar-refractivity contribution >= 4 is 22.0 Å². The number of aromatic nitrogens is 1. The van der Waals surface area contributed by atoms with Crippen molar-refractivity contribution in [3.8, 4) is 17.0 Å². The van der Waals surface area contributed by atoms with Crippen LogP contribution in [0.15, 0.2) is 41.0 Å². The lowest BCUT2D eigenvalue weighted by Crippen LogP contribution is -2.27. The minimum absolute atomic E-state index is 0.398. The molecule has 1 aromatic heterocycles. The van der Waals surface area contributed by atoms with Crippen LogP contribution in [0.3, 0.4) is 0 Å². The number of hydrogen-bond donors (Lipinski definition) is 0. The molecule has 0 fully saturated rings. The van der Waals surface area contributed by atoms with Gasteiger partial charge in [0.25, 0.3) is 0 Å². The molecule has 0 aliphatic rings. The highest BCUT2D eigenvalue weighted by molar-refractivity contribution is 9.10. The molecule has 0 unspecified atom stereocenters. The van der Waals surface area contributed by atoms with Crippen molar-refractivity contribution in [1.82, 2.24) is 4.57 Å². The smallest absolute Gasteiger partial charge is 0.418 e. The molecular weight excluding hydrogens is 334 g/mol. The zero-order valence-corrected chi connectivity index (χ0v) is 14.1. The van der Waals surface area contributed by atoms with E-state index in [1.165, 1.54) is 4.57 Å². The third kappa shape index (κ3) is 3.67. The van der Waals surface area contributed by atoms with E-state index in [9.17, 15) is 4.79 Å².